The highest BCUT2D eigenvalue weighted by molar-refractivity contribution is 5.26. The lowest BCUT2D eigenvalue weighted by molar-refractivity contribution is 0.221. The van der Waals surface area contributed by atoms with Gasteiger partial charge >= 0.3 is 0 Å². The Morgan fingerprint density at radius 3 is 2.17 bits per heavy atom. The van der Waals surface area contributed by atoms with Crippen LogP contribution >= 0.6 is 0 Å². The van der Waals surface area contributed by atoms with E-state index in [4.69, 9.17) is 9.47 Å². The monoisotopic (exact) mass is 168 g/mol. The Balaban J connectivity index is 4.43. The van der Waals surface area contributed by atoms with Crippen LogP contribution in [0.15, 0.2) is 36.3 Å². The minimum atomic E-state index is 0.520. The van der Waals surface area contributed by atoms with Crippen LogP contribution in [0.3, 0.4) is 0 Å². The van der Waals surface area contributed by atoms with Crippen LogP contribution in [-0.2, 0) is 9.47 Å². The van der Waals surface area contributed by atoms with Crippen molar-refractivity contribution >= 4 is 0 Å². The van der Waals surface area contributed by atoms with Gasteiger partial charge in [0, 0.05) is 0 Å². The Hall–Kier alpha value is -1.18. The Kier molecular flexibility index (Phi) is 4.93. The van der Waals surface area contributed by atoms with E-state index < -0.39 is 0 Å². The molecule has 0 aliphatic heterocycles. The second-order valence-electron chi connectivity index (χ2n) is 2.35. The summed E-state index contributed by atoms with van der Waals surface area (Å²) in [5.74, 6) is 1.15. The van der Waals surface area contributed by atoms with Gasteiger partial charge in [-0.1, -0.05) is 25.7 Å². The first-order chi connectivity index (χ1) is 5.65. The number of rotatable bonds is 5. The van der Waals surface area contributed by atoms with Crippen molar-refractivity contribution in [2.24, 2.45) is 0 Å². The molecule has 68 valence electrons. The van der Waals surface area contributed by atoms with Crippen LogP contribution in [0.4, 0.5) is 0 Å². The van der Waals surface area contributed by atoms with E-state index in [1.807, 2.05) is 13.0 Å². The van der Waals surface area contributed by atoms with E-state index in [0.717, 1.165) is 12.0 Å². The maximum Gasteiger partial charge on any atom is 0.160 e. The third-order valence-corrected chi connectivity index (χ3v) is 1.53. The van der Waals surface area contributed by atoms with E-state index in [1.165, 1.54) is 0 Å². The highest BCUT2D eigenvalue weighted by atomic mass is 16.5. The van der Waals surface area contributed by atoms with Crippen molar-refractivity contribution in [1.82, 2.24) is 0 Å². The van der Waals surface area contributed by atoms with Crippen LogP contribution in [0.25, 0.3) is 0 Å². The van der Waals surface area contributed by atoms with Gasteiger partial charge in [0.25, 0.3) is 0 Å². The molecule has 0 aromatic heterocycles. The molecule has 12 heavy (non-hydrogen) atoms. The van der Waals surface area contributed by atoms with Crippen molar-refractivity contribution < 1.29 is 9.47 Å². The van der Waals surface area contributed by atoms with Crippen LogP contribution in [0, 0.1) is 0 Å². The number of hydrogen-bond donors (Lipinski definition) is 0. The lowest BCUT2D eigenvalue weighted by Crippen LogP contribution is -1.94. The molecule has 0 N–H and O–H groups in total. The summed E-state index contributed by atoms with van der Waals surface area (Å²) < 4.78 is 9.97. The highest BCUT2D eigenvalue weighted by Gasteiger charge is 2.01. The minimum absolute atomic E-state index is 0.520. The molecular formula is C10H16O2. The molecular weight excluding hydrogens is 152 g/mol. The molecule has 2 nitrogen and oxygen atoms in total. The Morgan fingerprint density at radius 2 is 1.83 bits per heavy atom. The van der Waals surface area contributed by atoms with Crippen LogP contribution in [0.1, 0.15) is 13.3 Å². The van der Waals surface area contributed by atoms with E-state index in [9.17, 15) is 0 Å². The fourth-order valence-corrected chi connectivity index (χ4v) is 0.641. The molecule has 0 unspecified atom stereocenters. The standard InChI is InChI=1S/C10H16O2/c1-6-8(2)7-10(12-5)9(3)11-4/h7H,2-3,6H2,1,4-5H3/b10-7+. The van der Waals surface area contributed by atoms with Crippen LogP contribution in [-0.4, -0.2) is 14.2 Å². The van der Waals surface area contributed by atoms with Gasteiger partial charge in [-0.25, -0.2) is 0 Å². The highest BCUT2D eigenvalue weighted by Crippen LogP contribution is 2.12. The van der Waals surface area contributed by atoms with Gasteiger partial charge in [0.15, 0.2) is 11.5 Å². The lowest BCUT2D eigenvalue weighted by Gasteiger charge is -2.08. The van der Waals surface area contributed by atoms with Crippen LogP contribution < -0.4 is 0 Å². The van der Waals surface area contributed by atoms with Crippen molar-refractivity contribution in [2.45, 2.75) is 13.3 Å². The summed E-state index contributed by atoms with van der Waals surface area (Å²) in [6, 6.07) is 0. The first-order valence-electron chi connectivity index (χ1n) is 3.82. The molecule has 2 heteroatoms. The zero-order valence-electron chi connectivity index (χ0n) is 8.02. The Labute approximate surface area is 74.2 Å². The average molecular weight is 168 g/mol. The molecule has 0 radical (unpaired) electrons. The molecule has 0 aliphatic carbocycles. The summed E-state index contributed by atoms with van der Waals surface area (Å²) in [4.78, 5) is 0. The maximum atomic E-state index is 5.05. The predicted octanol–water partition coefficient (Wildman–Crippen LogP) is 2.64. The summed E-state index contributed by atoms with van der Waals surface area (Å²) in [5, 5.41) is 0. The van der Waals surface area contributed by atoms with Crippen molar-refractivity contribution in [3.63, 3.8) is 0 Å². The first-order valence-corrected chi connectivity index (χ1v) is 3.82. The van der Waals surface area contributed by atoms with Gasteiger partial charge in [-0.15, -0.1) is 0 Å². The number of allylic oxidation sites excluding steroid dienone is 2. The second-order valence-corrected chi connectivity index (χ2v) is 2.35. The molecule has 0 heterocycles. The van der Waals surface area contributed by atoms with Gasteiger partial charge < -0.3 is 9.47 Å². The van der Waals surface area contributed by atoms with Gasteiger partial charge in [0.2, 0.25) is 0 Å². The van der Waals surface area contributed by atoms with Gasteiger partial charge in [0.1, 0.15) is 0 Å². The summed E-state index contributed by atoms with van der Waals surface area (Å²) in [6.45, 7) is 9.53. The second kappa shape index (κ2) is 5.47. The van der Waals surface area contributed by atoms with Crippen LogP contribution in [0.5, 0.6) is 0 Å². The number of hydrogen-bond acceptors (Lipinski definition) is 2. The number of methoxy groups -OCH3 is 2. The quantitative estimate of drug-likeness (QED) is 0.464. The SMILES string of the molecule is C=C(/C=C(/OC)C(=C)OC)CC. The molecule has 0 aromatic carbocycles. The fraction of sp³-hybridized carbons (Fsp3) is 0.400. The van der Waals surface area contributed by atoms with Gasteiger partial charge in [-0.3, -0.25) is 0 Å². The molecule has 0 amide bonds. The van der Waals surface area contributed by atoms with Crippen molar-refractivity contribution in [1.29, 1.82) is 0 Å². The normalized spacial score (nSPS) is 10.8. The van der Waals surface area contributed by atoms with E-state index in [0.29, 0.717) is 11.5 Å². The van der Waals surface area contributed by atoms with Gasteiger partial charge in [0.05, 0.1) is 14.2 Å². The molecule has 0 spiro atoms. The lowest BCUT2D eigenvalue weighted by atomic mass is 10.2. The summed E-state index contributed by atoms with van der Waals surface area (Å²) in [7, 11) is 3.14. The molecule has 0 rings (SSSR count). The zero-order chi connectivity index (χ0) is 9.56. The van der Waals surface area contributed by atoms with E-state index in [-0.39, 0.29) is 0 Å². The molecule has 0 aromatic rings. The maximum absolute atomic E-state index is 5.05. The van der Waals surface area contributed by atoms with E-state index in [2.05, 4.69) is 13.2 Å². The third kappa shape index (κ3) is 3.28. The zero-order valence-corrected chi connectivity index (χ0v) is 8.02. The van der Waals surface area contributed by atoms with Crippen molar-refractivity contribution in [3.05, 3.63) is 36.3 Å². The van der Waals surface area contributed by atoms with Crippen molar-refractivity contribution in [3.8, 4) is 0 Å². The molecule has 0 atom stereocenters. The number of ether oxygens (including phenoxy) is 2. The van der Waals surface area contributed by atoms with E-state index >= 15 is 0 Å². The average Bonchev–Trinajstić information content (AvgIpc) is 2.12. The minimum Gasteiger partial charge on any atom is -0.494 e. The van der Waals surface area contributed by atoms with Gasteiger partial charge in [-0.05, 0) is 12.5 Å². The first kappa shape index (κ1) is 10.8. The molecule has 0 saturated heterocycles. The fourth-order valence-electron chi connectivity index (χ4n) is 0.641. The van der Waals surface area contributed by atoms with Crippen LogP contribution in [0.2, 0.25) is 0 Å². The summed E-state index contributed by atoms with van der Waals surface area (Å²) >= 11 is 0. The Morgan fingerprint density at radius 1 is 1.25 bits per heavy atom. The third-order valence-electron chi connectivity index (χ3n) is 1.53. The van der Waals surface area contributed by atoms with Gasteiger partial charge in [-0.2, -0.15) is 0 Å². The summed E-state index contributed by atoms with van der Waals surface area (Å²) in [6.07, 6.45) is 2.72. The predicted molar refractivity (Wildman–Crippen MR) is 50.7 cm³/mol. The molecule has 0 bridgehead atoms. The molecule has 0 fully saturated rings. The largest absolute Gasteiger partial charge is 0.494 e. The summed E-state index contributed by atoms with van der Waals surface area (Å²) in [5.41, 5.74) is 0.991. The Bertz CT molecular complexity index is 202. The topological polar surface area (TPSA) is 18.5 Å². The molecule has 0 aliphatic rings. The smallest absolute Gasteiger partial charge is 0.160 e. The van der Waals surface area contributed by atoms with Crippen molar-refractivity contribution in [2.75, 3.05) is 14.2 Å². The van der Waals surface area contributed by atoms with E-state index in [1.54, 1.807) is 14.2 Å². The molecule has 0 saturated carbocycles.